The molecule has 0 unspecified atom stereocenters. The van der Waals surface area contributed by atoms with Crippen molar-refractivity contribution in [2.75, 3.05) is 16.4 Å². The van der Waals surface area contributed by atoms with Crippen molar-refractivity contribution in [3.05, 3.63) is 96.2 Å². The monoisotopic (exact) mass is 457 g/mol. The van der Waals surface area contributed by atoms with Crippen LogP contribution in [0, 0.1) is 0 Å². The summed E-state index contributed by atoms with van der Waals surface area (Å²) in [7, 11) is 0. The van der Waals surface area contributed by atoms with E-state index in [0.717, 1.165) is 4.90 Å². The lowest BCUT2D eigenvalue weighted by Crippen LogP contribution is -2.15. The lowest BCUT2D eigenvalue weighted by molar-refractivity contribution is -0.113. The number of carboxylic acid groups (broad SMARTS) is 1. The molecule has 0 radical (unpaired) electrons. The number of thioether (sulfide) groups is 1. The van der Waals surface area contributed by atoms with Gasteiger partial charge < -0.3 is 15.7 Å². The topological polar surface area (TPSA) is 108 Å². The minimum Gasteiger partial charge on any atom is -0.478 e. The van der Waals surface area contributed by atoms with E-state index in [9.17, 15) is 19.5 Å². The number of benzene rings is 3. The number of carbonyl (C=O) groups is 3. The van der Waals surface area contributed by atoms with E-state index in [4.69, 9.17) is 0 Å². The summed E-state index contributed by atoms with van der Waals surface area (Å²) in [6, 6.07) is 22.4. The normalized spacial score (nSPS) is 10.5. The smallest absolute Gasteiger partial charge is 0.336 e. The van der Waals surface area contributed by atoms with E-state index in [1.165, 1.54) is 17.8 Å². The van der Waals surface area contributed by atoms with Gasteiger partial charge in [0.25, 0.3) is 5.91 Å². The van der Waals surface area contributed by atoms with Crippen LogP contribution in [0.15, 0.2) is 90.0 Å². The van der Waals surface area contributed by atoms with Gasteiger partial charge in [0.15, 0.2) is 0 Å². The number of hydrogen-bond donors (Lipinski definition) is 3. The highest BCUT2D eigenvalue weighted by Crippen LogP contribution is 2.26. The SMILES string of the molecule is O=C(CSc1cccc(NC(=O)c2cccc3cccc(C(=O)O)c23)c1)Nc1ccccn1. The van der Waals surface area contributed by atoms with Gasteiger partial charge in [-0.15, -0.1) is 11.8 Å². The third kappa shape index (κ3) is 5.36. The summed E-state index contributed by atoms with van der Waals surface area (Å²) in [6.45, 7) is 0. The van der Waals surface area contributed by atoms with E-state index in [1.807, 2.05) is 6.07 Å². The molecule has 1 aromatic heterocycles. The second-order valence-corrected chi connectivity index (χ2v) is 8.10. The van der Waals surface area contributed by atoms with E-state index in [-0.39, 0.29) is 22.8 Å². The van der Waals surface area contributed by atoms with Crippen molar-refractivity contribution in [2.45, 2.75) is 4.90 Å². The molecule has 0 saturated carbocycles. The van der Waals surface area contributed by atoms with Crippen LogP contribution in [0.5, 0.6) is 0 Å². The summed E-state index contributed by atoms with van der Waals surface area (Å²) in [5, 5.41) is 16.2. The molecule has 0 fully saturated rings. The average molecular weight is 458 g/mol. The van der Waals surface area contributed by atoms with Crippen molar-refractivity contribution in [2.24, 2.45) is 0 Å². The zero-order valence-electron chi connectivity index (χ0n) is 17.3. The van der Waals surface area contributed by atoms with Gasteiger partial charge in [-0.2, -0.15) is 0 Å². The van der Waals surface area contributed by atoms with Crippen molar-refractivity contribution in [1.29, 1.82) is 0 Å². The molecule has 0 saturated heterocycles. The molecule has 3 N–H and O–H groups in total. The quantitative estimate of drug-likeness (QED) is 0.340. The number of nitrogens with one attached hydrogen (secondary N) is 2. The first-order valence-electron chi connectivity index (χ1n) is 10.0. The molecule has 3 aromatic carbocycles. The molecule has 4 aromatic rings. The maximum absolute atomic E-state index is 13.0. The van der Waals surface area contributed by atoms with Crippen molar-refractivity contribution in [1.82, 2.24) is 4.98 Å². The molecule has 0 bridgehead atoms. The molecule has 4 rings (SSSR count). The second-order valence-electron chi connectivity index (χ2n) is 7.05. The van der Waals surface area contributed by atoms with Gasteiger partial charge in [0.2, 0.25) is 5.91 Å². The lowest BCUT2D eigenvalue weighted by atomic mass is 9.98. The Morgan fingerprint density at radius 3 is 2.33 bits per heavy atom. The molecule has 7 nitrogen and oxygen atoms in total. The number of nitrogens with zero attached hydrogens (tertiary/aromatic N) is 1. The van der Waals surface area contributed by atoms with Gasteiger partial charge in [0, 0.05) is 27.7 Å². The Morgan fingerprint density at radius 2 is 1.61 bits per heavy atom. The number of rotatable bonds is 7. The Hall–Kier alpha value is -4.17. The van der Waals surface area contributed by atoms with Crippen molar-refractivity contribution < 1.29 is 19.5 Å². The van der Waals surface area contributed by atoms with Gasteiger partial charge in [-0.05, 0) is 47.9 Å². The summed E-state index contributed by atoms with van der Waals surface area (Å²) in [5.41, 5.74) is 0.889. The molecule has 0 aliphatic rings. The van der Waals surface area contributed by atoms with E-state index < -0.39 is 11.9 Å². The highest BCUT2D eigenvalue weighted by atomic mass is 32.2. The minimum absolute atomic E-state index is 0.0708. The fraction of sp³-hybridized carbons (Fsp3) is 0.0400. The minimum atomic E-state index is -1.09. The predicted molar refractivity (Wildman–Crippen MR) is 129 cm³/mol. The molecule has 8 heteroatoms. The number of carbonyl (C=O) groups excluding carboxylic acids is 2. The van der Waals surface area contributed by atoms with Crippen LogP contribution in [0.25, 0.3) is 10.8 Å². The Bertz CT molecular complexity index is 1340. The Balaban J connectivity index is 1.47. The summed E-state index contributed by atoms with van der Waals surface area (Å²) >= 11 is 1.32. The van der Waals surface area contributed by atoms with E-state index >= 15 is 0 Å². The highest BCUT2D eigenvalue weighted by molar-refractivity contribution is 8.00. The molecule has 0 atom stereocenters. The summed E-state index contributed by atoms with van der Waals surface area (Å²) in [6.07, 6.45) is 1.60. The van der Waals surface area contributed by atoms with Crippen molar-refractivity contribution >= 4 is 51.8 Å². The van der Waals surface area contributed by atoms with Gasteiger partial charge >= 0.3 is 5.97 Å². The van der Waals surface area contributed by atoms with Crippen LogP contribution < -0.4 is 10.6 Å². The maximum atomic E-state index is 13.0. The van der Waals surface area contributed by atoms with Crippen molar-refractivity contribution in [3.63, 3.8) is 0 Å². The Labute approximate surface area is 193 Å². The van der Waals surface area contributed by atoms with Crippen LogP contribution in [0.2, 0.25) is 0 Å². The van der Waals surface area contributed by atoms with Crippen LogP contribution >= 0.6 is 11.8 Å². The number of hydrogen-bond acceptors (Lipinski definition) is 5. The largest absolute Gasteiger partial charge is 0.478 e. The van der Waals surface area contributed by atoms with E-state index in [1.54, 1.807) is 72.9 Å². The van der Waals surface area contributed by atoms with E-state index in [2.05, 4.69) is 15.6 Å². The molecular weight excluding hydrogens is 438 g/mol. The average Bonchev–Trinajstić information content (AvgIpc) is 2.82. The second kappa shape index (κ2) is 9.97. The fourth-order valence-electron chi connectivity index (χ4n) is 3.34. The van der Waals surface area contributed by atoms with Crippen LogP contribution in [0.4, 0.5) is 11.5 Å². The molecule has 33 heavy (non-hydrogen) atoms. The number of aromatic carboxylic acids is 1. The first-order valence-corrected chi connectivity index (χ1v) is 11.0. The zero-order valence-corrected chi connectivity index (χ0v) is 18.1. The summed E-state index contributed by atoms with van der Waals surface area (Å²) in [4.78, 5) is 41.7. The molecule has 164 valence electrons. The highest BCUT2D eigenvalue weighted by Gasteiger charge is 2.17. The van der Waals surface area contributed by atoms with Crippen LogP contribution in [0.1, 0.15) is 20.7 Å². The standard InChI is InChI=1S/C25H19N3O4S/c29-22(28-21-12-1-2-13-26-21)15-33-18-9-5-8-17(14-18)27-24(30)19-10-3-6-16-7-4-11-20(23(16)19)25(31)32/h1-14H,15H2,(H,27,30)(H,31,32)(H,26,28,29). The zero-order chi connectivity index (χ0) is 23.2. The van der Waals surface area contributed by atoms with Gasteiger partial charge in [-0.3, -0.25) is 9.59 Å². The molecular formula is C25H19N3O4S. The number of anilines is 2. The first kappa shape index (κ1) is 22.0. The molecule has 2 amide bonds. The Kier molecular flexibility index (Phi) is 6.66. The molecule has 0 spiro atoms. The maximum Gasteiger partial charge on any atom is 0.336 e. The van der Waals surface area contributed by atoms with Crippen LogP contribution in [-0.2, 0) is 4.79 Å². The van der Waals surface area contributed by atoms with Gasteiger partial charge in [-0.1, -0.05) is 36.4 Å². The van der Waals surface area contributed by atoms with Crippen molar-refractivity contribution in [3.8, 4) is 0 Å². The molecule has 1 heterocycles. The lowest BCUT2D eigenvalue weighted by Gasteiger charge is -2.11. The third-order valence-electron chi connectivity index (χ3n) is 4.77. The van der Waals surface area contributed by atoms with E-state index in [0.29, 0.717) is 22.3 Å². The molecule has 0 aliphatic heterocycles. The Morgan fingerprint density at radius 1 is 0.848 bits per heavy atom. The first-order chi connectivity index (χ1) is 16.0. The summed E-state index contributed by atoms with van der Waals surface area (Å²) in [5.74, 6) is -1.03. The summed E-state index contributed by atoms with van der Waals surface area (Å²) < 4.78 is 0. The number of fused-ring (bicyclic) bond motifs is 1. The fourth-order valence-corrected chi connectivity index (χ4v) is 4.09. The van der Waals surface area contributed by atoms with Crippen LogP contribution in [0.3, 0.4) is 0 Å². The number of carboxylic acids is 1. The van der Waals surface area contributed by atoms with Gasteiger partial charge in [0.05, 0.1) is 11.3 Å². The van der Waals surface area contributed by atoms with Gasteiger partial charge in [0.1, 0.15) is 5.82 Å². The van der Waals surface area contributed by atoms with Gasteiger partial charge in [-0.25, -0.2) is 9.78 Å². The predicted octanol–water partition coefficient (Wildman–Crippen LogP) is 4.92. The number of amides is 2. The van der Waals surface area contributed by atoms with Crippen LogP contribution in [-0.4, -0.2) is 33.6 Å². The number of aromatic nitrogens is 1. The number of pyridine rings is 1. The molecule has 0 aliphatic carbocycles. The third-order valence-corrected chi connectivity index (χ3v) is 5.77.